The average Bonchev–Trinajstić information content (AvgIpc) is 2.08. The lowest BCUT2D eigenvalue weighted by molar-refractivity contribution is 0.272. The second-order valence-electron chi connectivity index (χ2n) is 2.49. The van der Waals surface area contributed by atoms with Gasteiger partial charge in [0.05, 0.1) is 6.61 Å². The minimum Gasteiger partial charge on any atom is -0.505 e. The van der Waals surface area contributed by atoms with Crippen LogP contribution in [0.5, 0.6) is 5.75 Å². The highest BCUT2D eigenvalue weighted by molar-refractivity contribution is 5.37. The van der Waals surface area contributed by atoms with Gasteiger partial charge in [-0.3, -0.25) is 0 Å². The molecule has 12 heavy (non-hydrogen) atoms. The number of rotatable bonds is 1. The second kappa shape index (κ2) is 3.06. The summed E-state index contributed by atoms with van der Waals surface area (Å²) in [5.41, 5.74) is 0.0563. The first kappa shape index (κ1) is 8.93. The Bertz CT molecular complexity index is 310. The van der Waals surface area contributed by atoms with Gasteiger partial charge >= 0.3 is 0 Å². The first-order valence-corrected chi connectivity index (χ1v) is 3.35. The molecule has 1 aromatic rings. The van der Waals surface area contributed by atoms with Crippen LogP contribution in [0.3, 0.4) is 0 Å². The first-order chi connectivity index (χ1) is 5.57. The number of hydrogen-bond donors (Lipinski definition) is 2. The van der Waals surface area contributed by atoms with E-state index in [4.69, 9.17) is 10.2 Å². The normalized spacial score (nSPS) is 10.3. The second-order valence-corrected chi connectivity index (χ2v) is 2.49. The van der Waals surface area contributed by atoms with E-state index in [2.05, 4.69) is 0 Å². The molecule has 0 amide bonds. The number of benzene rings is 1. The molecule has 2 N–H and O–H groups in total. The lowest BCUT2D eigenvalue weighted by Gasteiger charge is -2.04. The maximum absolute atomic E-state index is 12.7. The summed E-state index contributed by atoms with van der Waals surface area (Å²) in [6.45, 7) is 0.848. The maximum Gasteiger partial charge on any atom is 0.200 e. The summed E-state index contributed by atoms with van der Waals surface area (Å²) in [6.07, 6.45) is 0. The summed E-state index contributed by atoms with van der Waals surface area (Å²) in [7, 11) is 0. The Morgan fingerprint density at radius 2 is 1.92 bits per heavy atom. The van der Waals surface area contributed by atoms with Crippen LogP contribution in [0.25, 0.3) is 0 Å². The van der Waals surface area contributed by atoms with Gasteiger partial charge in [0.1, 0.15) is 0 Å². The topological polar surface area (TPSA) is 40.5 Å². The third-order valence-corrected chi connectivity index (χ3v) is 1.62. The van der Waals surface area contributed by atoms with Crippen LogP contribution in [0.4, 0.5) is 8.78 Å². The number of hydrogen-bond acceptors (Lipinski definition) is 2. The van der Waals surface area contributed by atoms with Crippen LogP contribution < -0.4 is 0 Å². The molecule has 0 aliphatic rings. The molecule has 0 radical (unpaired) electrons. The van der Waals surface area contributed by atoms with E-state index in [0.29, 0.717) is 0 Å². The van der Waals surface area contributed by atoms with Crippen molar-refractivity contribution in [3.05, 3.63) is 28.8 Å². The van der Waals surface area contributed by atoms with Gasteiger partial charge in [-0.15, -0.1) is 0 Å². The van der Waals surface area contributed by atoms with Crippen LogP contribution in [-0.2, 0) is 6.61 Å². The van der Waals surface area contributed by atoms with Gasteiger partial charge in [0.2, 0.25) is 5.82 Å². The zero-order valence-electron chi connectivity index (χ0n) is 6.43. The van der Waals surface area contributed by atoms with Crippen LogP contribution in [0.1, 0.15) is 11.1 Å². The Balaban J connectivity index is 3.39. The van der Waals surface area contributed by atoms with Crippen molar-refractivity contribution >= 4 is 0 Å². The Kier molecular flexibility index (Phi) is 2.28. The summed E-state index contributed by atoms with van der Waals surface area (Å²) < 4.78 is 25.5. The summed E-state index contributed by atoms with van der Waals surface area (Å²) in [5.74, 6) is -3.20. The van der Waals surface area contributed by atoms with Crippen LogP contribution >= 0.6 is 0 Å². The highest BCUT2D eigenvalue weighted by Crippen LogP contribution is 2.25. The molecule has 0 aliphatic carbocycles. The quantitative estimate of drug-likeness (QED) is 0.676. The van der Waals surface area contributed by atoms with E-state index in [0.717, 1.165) is 0 Å². The summed E-state index contributed by atoms with van der Waals surface area (Å²) in [4.78, 5) is 0. The number of aryl methyl sites for hydroxylation is 1. The van der Waals surface area contributed by atoms with E-state index in [-0.39, 0.29) is 11.1 Å². The predicted octanol–water partition coefficient (Wildman–Crippen LogP) is 1.47. The van der Waals surface area contributed by atoms with Crippen LogP contribution in [-0.4, -0.2) is 10.2 Å². The molecule has 1 rings (SSSR count). The molecule has 0 fully saturated rings. The lowest BCUT2D eigenvalue weighted by atomic mass is 10.1. The fraction of sp³-hybridized carbons (Fsp3) is 0.250. The Hall–Kier alpha value is -1.16. The van der Waals surface area contributed by atoms with E-state index in [9.17, 15) is 8.78 Å². The van der Waals surface area contributed by atoms with Crippen molar-refractivity contribution in [2.75, 3.05) is 0 Å². The molecular weight excluding hydrogens is 166 g/mol. The zero-order chi connectivity index (χ0) is 9.30. The Morgan fingerprint density at radius 3 is 2.42 bits per heavy atom. The number of phenols is 1. The van der Waals surface area contributed by atoms with E-state index in [1.165, 1.54) is 13.0 Å². The standard InChI is InChI=1S/C8H8F2O2/c1-4-2-5(3-11)6(9)7(10)8(4)12/h2,11-12H,3H2,1H3. The minimum absolute atomic E-state index is 0.150. The molecule has 0 heterocycles. The molecule has 0 unspecified atom stereocenters. The smallest absolute Gasteiger partial charge is 0.200 e. The summed E-state index contributed by atoms with van der Waals surface area (Å²) >= 11 is 0. The minimum atomic E-state index is -1.31. The predicted molar refractivity (Wildman–Crippen MR) is 38.7 cm³/mol. The molecule has 0 saturated heterocycles. The van der Waals surface area contributed by atoms with E-state index >= 15 is 0 Å². The van der Waals surface area contributed by atoms with Gasteiger partial charge in [0.25, 0.3) is 0 Å². The van der Waals surface area contributed by atoms with Gasteiger partial charge in [0, 0.05) is 5.56 Å². The SMILES string of the molecule is Cc1cc(CO)c(F)c(F)c1O. The third-order valence-electron chi connectivity index (χ3n) is 1.62. The number of phenolic OH excluding ortho intramolecular Hbond substituents is 1. The summed E-state index contributed by atoms with van der Waals surface area (Å²) in [6, 6.07) is 1.20. The van der Waals surface area contributed by atoms with E-state index in [1.54, 1.807) is 0 Å². The van der Waals surface area contributed by atoms with Gasteiger partial charge in [0.15, 0.2) is 11.6 Å². The number of halogens is 2. The first-order valence-electron chi connectivity index (χ1n) is 3.35. The lowest BCUT2D eigenvalue weighted by Crippen LogP contribution is -1.96. The molecule has 0 bridgehead atoms. The molecule has 0 atom stereocenters. The molecule has 4 heteroatoms. The van der Waals surface area contributed by atoms with Crippen molar-refractivity contribution in [3.63, 3.8) is 0 Å². The van der Waals surface area contributed by atoms with Crippen LogP contribution in [0.15, 0.2) is 6.07 Å². The van der Waals surface area contributed by atoms with Crippen molar-refractivity contribution in [3.8, 4) is 5.75 Å². The average molecular weight is 174 g/mol. The maximum atomic E-state index is 12.7. The van der Waals surface area contributed by atoms with Crippen molar-refractivity contribution in [2.24, 2.45) is 0 Å². The van der Waals surface area contributed by atoms with Crippen molar-refractivity contribution in [1.29, 1.82) is 0 Å². The molecule has 0 aliphatic heterocycles. The fourth-order valence-electron chi connectivity index (χ4n) is 0.926. The Labute approximate surface area is 68.1 Å². The highest BCUT2D eigenvalue weighted by atomic mass is 19.2. The van der Waals surface area contributed by atoms with Gasteiger partial charge in [-0.2, -0.15) is 4.39 Å². The summed E-state index contributed by atoms with van der Waals surface area (Å²) in [5, 5.41) is 17.5. The van der Waals surface area contributed by atoms with Crippen LogP contribution in [0, 0.1) is 18.6 Å². The van der Waals surface area contributed by atoms with E-state index in [1.807, 2.05) is 0 Å². The Morgan fingerprint density at radius 1 is 1.33 bits per heavy atom. The van der Waals surface area contributed by atoms with Gasteiger partial charge in [-0.1, -0.05) is 0 Å². The van der Waals surface area contributed by atoms with Crippen molar-refractivity contribution < 1.29 is 19.0 Å². The van der Waals surface area contributed by atoms with Crippen LogP contribution in [0.2, 0.25) is 0 Å². The zero-order valence-corrected chi connectivity index (χ0v) is 6.43. The van der Waals surface area contributed by atoms with Crippen molar-refractivity contribution in [2.45, 2.75) is 13.5 Å². The van der Waals surface area contributed by atoms with Crippen molar-refractivity contribution in [1.82, 2.24) is 0 Å². The molecule has 2 nitrogen and oxygen atoms in total. The third kappa shape index (κ3) is 1.25. The number of aliphatic hydroxyl groups is 1. The van der Waals surface area contributed by atoms with Gasteiger partial charge in [-0.25, -0.2) is 4.39 Å². The largest absolute Gasteiger partial charge is 0.505 e. The molecule has 0 spiro atoms. The molecule has 0 saturated carbocycles. The number of aliphatic hydroxyl groups excluding tert-OH is 1. The molecule has 0 aromatic heterocycles. The fourth-order valence-corrected chi connectivity index (χ4v) is 0.926. The highest BCUT2D eigenvalue weighted by Gasteiger charge is 2.14. The van der Waals surface area contributed by atoms with Gasteiger partial charge in [-0.05, 0) is 18.6 Å². The molecular formula is C8H8F2O2. The molecule has 66 valence electrons. The van der Waals surface area contributed by atoms with Gasteiger partial charge < -0.3 is 10.2 Å². The van der Waals surface area contributed by atoms with E-state index < -0.39 is 24.0 Å². The monoisotopic (exact) mass is 174 g/mol. The number of aromatic hydroxyl groups is 1. The molecule has 1 aromatic carbocycles.